The summed E-state index contributed by atoms with van der Waals surface area (Å²) in [5.41, 5.74) is 7.36. The number of sulfone groups is 1. The smallest absolute Gasteiger partial charge is 0.180 e. The van der Waals surface area contributed by atoms with Gasteiger partial charge in [0, 0.05) is 6.54 Å². The van der Waals surface area contributed by atoms with E-state index in [0.29, 0.717) is 18.0 Å². The van der Waals surface area contributed by atoms with E-state index in [1.807, 2.05) is 36.4 Å². The Kier molecular flexibility index (Phi) is 5.50. The molecule has 2 aromatic rings. The molecule has 0 spiro atoms. The fourth-order valence-electron chi connectivity index (χ4n) is 1.92. The van der Waals surface area contributed by atoms with Crippen LogP contribution in [0, 0.1) is 0 Å². The van der Waals surface area contributed by atoms with Crippen molar-refractivity contribution in [2.45, 2.75) is 18.0 Å². The van der Waals surface area contributed by atoms with E-state index in [0.717, 1.165) is 11.1 Å². The van der Waals surface area contributed by atoms with Crippen LogP contribution in [0.2, 0.25) is 0 Å². The monoisotopic (exact) mass is 305 g/mol. The van der Waals surface area contributed by atoms with E-state index in [-0.39, 0.29) is 12.4 Å². The molecule has 2 aromatic carbocycles. The topological polar surface area (TPSA) is 69.4 Å². The summed E-state index contributed by atoms with van der Waals surface area (Å²) >= 11 is 0. The third kappa shape index (κ3) is 4.67. The molecule has 0 saturated heterocycles. The van der Waals surface area contributed by atoms with E-state index in [1.165, 1.54) is 0 Å². The lowest BCUT2D eigenvalue weighted by atomic mass is 10.2. The highest BCUT2D eigenvalue weighted by Gasteiger charge is 2.14. The SMILES string of the molecule is NCc1cccc(S(=O)(=O)CCOCc2ccccc2)c1. The number of rotatable bonds is 7. The number of benzene rings is 2. The van der Waals surface area contributed by atoms with E-state index in [9.17, 15) is 8.42 Å². The molecule has 0 atom stereocenters. The van der Waals surface area contributed by atoms with Gasteiger partial charge >= 0.3 is 0 Å². The van der Waals surface area contributed by atoms with Gasteiger partial charge in [-0.05, 0) is 23.3 Å². The van der Waals surface area contributed by atoms with E-state index < -0.39 is 9.84 Å². The lowest BCUT2D eigenvalue weighted by Crippen LogP contribution is -2.13. The van der Waals surface area contributed by atoms with Crippen LogP contribution in [-0.4, -0.2) is 20.8 Å². The van der Waals surface area contributed by atoms with Gasteiger partial charge < -0.3 is 10.5 Å². The highest BCUT2D eigenvalue weighted by molar-refractivity contribution is 7.91. The third-order valence-electron chi connectivity index (χ3n) is 3.10. The van der Waals surface area contributed by atoms with Gasteiger partial charge in [-0.1, -0.05) is 42.5 Å². The maximum Gasteiger partial charge on any atom is 0.180 e. The molecular weight excluding hydrogens is 286 g/mol. The lowest BCUT2D eigenvalue weighted by Gasteiger charge is -2.07. The third-order valence-corrected chi connectivity index (χ3v) is 4.78. The predicted octanol–water partition coefficient (Wildman–Crippen LogP) is 2.14. The normalized spacial score (nSPS) is 11.5. The number of ether oxygens (including phenoxy) is 1. The maximum atomic E-state index is 12.2. The summed E-state index contributed by atoms with van der Waals surface area (Å²) < 4.78 is 29.8. The molecule has 0 aliphatic rings. The number of hydrogen-bond acceptors (Lipinski definition) is 4. The minimum absolute atomic E-state index is 0.0339. The van der Waals surface area contributed by atoms with Gasteiger partial charge in [-0.15, -0.1) is 0 Å². The fraction of sp³-hybridized carbons (Fsp3) is 0.250. The Morgan fingerprint density at radius 3 is 2.38 bits per heavy atom. The quantitative estimate of drug-likeness (QED) is 0.796. The molecule has 0 aliphatic carbocycles. The van der Waals surface area contributed by atoms with Crippen LogP contribution < -0.4 is 5.73 Å². The second kappa shape index (κ2) is 7.36. The first-order valence-corrected chi connectivity index (χ1v) is 8.40. The second-order valence-corrected chi connectivity index (χ2v) is 6.82. The first kappa shape index (κ1) is 15.7. The number of hydrogen-bond donors (Lipinski definition) is 1. The molecule has 0 unspecified atom stereocenters. The van der Waals surface area contributed by atoms with Gasteiger partial charge in [0.1, 0.15) is 0 Å². The zero-order valence-electron chi connectivity index (χ0n) is 11.7. The summed E-state index contributed by atoms with van der Waals surface area (Å²) in [7, 11) is -3.33. The lowest BCUT2D eigenvalue weighted by molar-refractivity contribution is 0.135. The molecule has 5 heteroatoms. The summed E-state index contributed by atoms with van der Waals surface area (Å²) in [6.45, 7) is 0.914. The molecule has 0 amide bonds. The number of nitrogens with two attached hydrogens (primary N) is 1. The zero-order valence-corrected chi connectivity index (χ0v) is 12.6. The van der Waals surface area contributed by atoms with Gasteiger partial charge in [-0.3, -0.25) is 0 Å². The average Bonchev–Trinajstić information content (AvgIpc) is 2.53. The molecular formula is C16H19NO3S. The van der Waals surface area contributed by atoms with Crippen molar-refractivity contribution < 1.29 is 13.2 Å². The zero-order chi connectivity index (χ0) is 15.1. The van der Waals surface area contributed by atoms with Crippen LogP contribution in [0.4, 0.5) is 0 Å². The summed E-state index contributed by atoms with van der Waals surface area (Å²) in [6, 6.07) is 16.4. The molecule has 0 heterocycles. The Labute approximate surface area is 125 Å². The first-order chi connectivity index (χ1) is 10.1. The van der Waals surface area contributed by atoms with Crippen LogP contribution in [0.15, 0.2) is 59.5 Å². The minimum atomic E-state index is -3.33. The van der Waals surface area contributed by atoms with E-state index in [4.69, 9.17) is 10.5 Å². The van der Waals surface area contributed by atoms with Crippen LogP contribution in [0.25, 0.3) is 0 Å². The van der Waals surface area contributed by atoms with Gasteiger partial charge in [0.15, 0.2) is 9.84 Å². The average molecular weight is 305 g/mol. The van der Waals surface area contributed by atoms with Gasteiger partial charge in [0.2, 0.25) is 0 Å². The Morgan fingerprint density at radius 1 is 0.952 bits per heavy atom. The van der Waals surface area contributed by atoms with E-state index >= 15 is 0 Å². The molecule has 2 rings (SSSR count). The largest absolute Gasteiger partial charge is 0.376 e. The van der Waals surface area contributed by atoms with Crippen LogP contribution in [0.1, 0.15) is 11.1 Å². The highest BCUT2D eigenvalue weighted by Crippen LogP contribution is 2.13. The van der Waals surface area contributed by atoms with Crippen molar-refractivity contribution in [3.63, 3.8) is 0 Å². The molecule has 0 radical (unpaired) electrons. The van der Waals surface area contributed by atoms with Gasteiger partial charge in [0.25, 0.3) is 0 Å². The summed E-state index contributed by atoms with van der Waals surface area (Å²) in [6.07, 6.45) is 0. The van der Waals surface area contributed by atoms with Crippen molar-refractivity contribution in [2.24, 2.45) is 5.73 Å². The van der Waals surface area contributed by atoms with Crippen molar-refractivity contribution in [3.8, 4) is 0 Å². The van der Waals surface area contributed by atoms with Crippen LogP contribution in [0.5, 0.6) is 0 Å². The molecule has 0 fully saturated rings. The van der Waals surface area contributed by atoms with Crippen molar-refractivity contribution in [2.75, 3.05) is 12.4 Å². The Balaban J connectivity index is 1.89. The fourth-order valence-corrected chi connectivity index (χ4v) is 3.11. The second-order valence-electron chi connectivity index (χ2n) is 4.71. The van der Waals surface area contributed by atoms with Crippen molar-refractivity contribution in [3.05, 3.63) is 65.7 Å². The van der Waals surface area contributed by atoms with Gasteiger partial charge in [-0.25, -0.2) is 8.42 Å². The van der Waals surface area contributed by atoms with Crippen molar-refractivity contribution in [1.29, 1.82) is 0 Å². The summed E-state index contributed by atoms with van der Waals surface area (Å²) in [5, 5.41) is 0. The predicted molar refractivity (Wildman–Crippen MR) is 82.5 cm³/mol. The molecule has 21 heavy (non-hydrogen) atoms. The first-order valence-electron chi connectivity index (χ1n) is 6.75. The van der Waals surface area contributed by atoms with Crippen LogP contribution >= 0.6 is 0 Å². The Morgan fingerprint density at radius 2 is 1.67 bits per heavy atom. The standard InChI is InChI=1S/C16H19NO3S/c17-12-15-7-4-8-16(11-15)21(18,19)10-9-20-13-14-5-2-1-3-6-14/h1-8,11H,9-10,12-13,17H2. The van der Waals surface area contributed by atoms with Crippen molar-refractivity contribution in [1.82, 2.24) is 0 Å². The molecule has 0 saturated carbocycles. The summed E-state index contributed by atoms with van der Waals surface area (Å²) in [5.74, 6) is -0.0339. The summed E-state index contributed by atoms with van der Waals surface area (Å²) in [4.78, 5) is 0.300. The molecule has 0 aromatic heterocycles. The van der Waals surface area contributed by atoms with Gasteiger partial charge in [0.05, 0.1) is 23.9 Å². The molecule has 2 N–H and O–H groups in total. The molecule has 0 aliphatic heterocycles. The van der Waals surface area contributed by atoms with Crippen molar-refractivity contribution >= 4 is 9.84 Å². The Hall–Kier alpha value is -1.69. The molecule has 0 bridgehead atoms. The van der Waals surface area contributed by atoms with Crippen LogP contribution in [-0.2, 0) is 27.7 Å². The van der Waals surface area contributed by atoms with Gasteiger partial charge in [-0.2, -0.15) is 0 Å². The maximum absolute atomic E-state index is 12.2. The molecule has 4 nitrogen and oxygen atoms in total. The van der Waals surface area contributed by atoms with E-state index in [2.05, 4.69) is 0 Å². The highest BCUT2D eigenvalue weighted by atomic mass is 32.2. The van der Waals surface area contributed by atoms with E-state index in [1.54, 1.807) is 18.2 Å². The molecule has 112 valence electrons. The van der Waals surface area contributed by atoms with Crippen LogP contribution in [0.3, 0.4) is 0 Å². The minimum Gasteiger partial charge on any atom is -0.376 e. The Bertz CT molecular complexity index is 669.